The van der Waals surface area contributed by atoms with Gasteiger partial charge in [-0.1, -0.05) is 29.3 Å². The summed E-state index contributed by atoms with van der Waals surface area (Å²) < 4.78 is 18.7. The molecule has 0 spiro atoms. The van der Waals surface area contributed by atoms with Crippen LogP contribution in [0.15, 0.2) is 59.0 Å². The number of hydrogen-bond donors (Lipinski definition) is 2. The van der Waals surface area contributed by atoms with Gasteiger partial charge in [0.1, 0.15) is 11.6 Å². The first kappa shape index (κ1) is 18.4. The molecule has 0 unspecified atom stereocenters. The van der Waals surface area contributed by atoms with Crippen LogP contribution in [0.25, 0.3) is 11.3 Å². The number of carbonyl (C=O) groups is 1. The van der Waals surface area contributed by atoms with Crippen LogP contribution in [-0.2, 0) is 0 Å². The molecule has 4 nitrogen and oxygen atoms in total. The van der Waals surface area contributed by atoms with Crippen LogP contribution < -0.4 is 10.6 Å². The highest BCUT2D eigenvalue weighted by Crippen LogP contribution is 2.31. The van der Waals surface area contributed by atoms with Gasteiger partial charge in [0.25, 0.3) is 5.91 Å². The summed E-state index contributed by atoms with van der Waals surface area (Å²) in [7, 11) is 0. The smallest absolute Gasteiger partial charge is 0.293 e. The minimum Gasteiger partial charge on any atom is -0.451 e. The van der Waals surface area contributed by atoms with E-state index in [0.29, 0.717) is 27.1 Å². The number of halogens is 3. The molecule has 3 aromatic rings. The van der Waals surface area contributed by atoms with Crippen LogP contribution in [0.2, 0.25) is 10.0 Å². The van der Waals surface area contributed by atoms with Crippen LogP contribution in [0.4, 0.5) is 10.1 Å². The van der Waals surface area contributed by atoms with Gasteiger partial charge in [-0.2, -0.15) is 0 Å². The van der Waals surface area contributed by atoms with Gasteiger partial charge >= 0.3 is 0 Å². The fourth-order valence-corrected chi connectivity index (χ4v) is 2.90. The number of thiocarbonyl (C=S) groups is 1. The molecule has 0 aliphatic heterocycles. The van der Waals surface area contributed by atoms with E-state index >= 15 is 0 Å². The lowest BCUT2D eigenvalue weighted by atomic mass is 10.2. The molecule has 3 rings (SSSR count). The van der Waals surface area contributed by atoms with Gasteiger partial charge in [-0.05, 0) is 60.7 Å². The molecule has 0 bridgehead atoms. The first-order valence-electron chi connectivity index (χ1n) is 7.35. The maximum Gasteiger partial charge on any atom is 0.293 e. The third-order valence-electron chi connectivity index (χ3n) is 3.34. The lowest BCUT2D eigenvalue weighted by molar-refractivity contribution is 0.0951. The van der Waals surface area contributed by atoms with Crippen molar-refractivity contribution < 1.29 is 13.6 Å². The molecule has 0 saturated carbocycles. The van der Waals surface area contributed by atoms with Gasteiger partial charge in [-0.15, -0.1) is 0 Å². The second-order valence-corrected chi connectivity index (χ2v) is 6.46. The molecule has 0 aliphatic carbocycles. The summed E-state index contributed by atoms with van der Waals surface area (Å²) in [6, 6.07) is 13.8. The van der Waals surface area contributed by atoms with Crippen molar-refractivity contribution in [3.8, 4) is 11.3 Å². The first-order valence-corrected chi connectivity index (χ1v) is 8.52. The molecule has 1 aromatic heterocycles. The van der Waals surface area contributed by atoms with Crippen LogP contribution in [0.5, 0.6) is 0 Å². The first-order chi connectivity index (χ1) is 12.4. The average Bonchev–Trinajstić information content (AvgIpc) is 3.04. The molecule has 0 radical (unpaired) electrons. The second kappa shape index (κ2) is 7.86. The Kier molecular flexibility index (Phi) is 5.56. The van der Waals surface area contributed by atoms with Gasteiger partial charge in [0.05, 0.1) is 5.02 Å². The third kappa shape index (κ3) is 4.40. The highest BCUT2D eigenvalue weighted by atomic mass is 35.5. The molecule has 0 saturated heterocycles. The predicted octanol–water partition coefficient (Wildman–Crippen LogP) is 5.52. The van der Waals surface area contributed by atoms with Gasteiger partial charge in [-0.25, -0.2) is 4.39 Å². The van der Waals surface area contributed by atoms with Crippen LogP contribution in [0.1, 0.15) is 10.6 Å². The van der Waals surface area contributed by atoms with E-state index in [9.17, 15) is 9.18 Å². The Bertz CT molecular complexity index is 991. The number of rotatable bonds is 3. The second-order valence-electron chi connectivity index (χ2n) is 5.21. The highest BCUT2D eigenvalue weighted by Gasteiger charge is 2.15. The van der Waals surface area contributed by atoms with E-state index in [4.69, 9.17) is 39.8 Å². The maximum absolute atomic E-state index is 13.2. The van der Waals surface area contributed by atoms with Crippen molar-refractivity contribution in [3.05, 3.63) is 76.2 Å². The Labute approximate surface area is 163 Å². The standard InChI is InChI=1S/C18H11Cl2FN2O2S/c19-10-4-5-13(14(20)8-10)15-6-7-16(25-15)17(24)23-18(26)22-12-3-1-2-11(21)9-12/h1-9H,(H2,22,23,24,26). The lowest BCUT2D eigenvalue weighted by Crippen LogP contribution is -2.33. The SMILES string of the molecule is O=C(NC(=S)Nc1cccc(F)c1)c1ccc(-c2ccc(Cl)cc2Cl)o1. The molecule has 0 fully saturated rings. The number of carbonyl (C=O) groups excluding carboxylic acids is 1. The molecule has 26 heavy (non-hydrogen) atoms. The Morgan fingerprint density at radius 1 is 1.08 bits per heavy atom. The summed E-state index contributed by atoms with van der Waals surface area (Å²) in [5, 5.41) is 6.10. The minimum absolute atomic E-state index is 0.0167. The summed E-state index contributed by atoms with van der Waals surface area (Å²) in [6.07, 6.45) is 0. The topological polar surface area (TPSA) is 54.3 Å². The molecule has 8 heteroatoms. The van der Waals surface area contributed by atoms with Gasteiger partial charge < -0.3 is 9.73 Å². The van der Waals surface area contributed by atoms with Crippen molar-refractivity contribution in [2.75, 3.05) is 5.32 Å². The van der Waals surface area contributed by atoms with Gasteiger partial charge in [0.2, 0.25) is 0 Å². The fourth-order valence-electron chi connectivity index (χ4n) is 2.19. The van der Waals surface area contributed by atoms with Crippen LogP contribution in [-0.4, -0.2) is 11.0 Å². The van der Waals surface area contributed by atoms with Crippen molar-refractivity contribution in [1.29, 1.82) is 0 Å². The molecular weight excluding hydrogens is 398 g/mol. The molecule has 132 valence electrons. The van der Waals surface area contributed by atoms with Crippen molar-refractivity contribution in [1.82, 2.24) is 5.32 Å². The van der Waals surface area contributed by atoms with Crippen molar-refractivity contribution >= 4 is 52.1 Å². The molecule has 1 heterocycles. The lowest BCUT2D eigenvalue weighted by Gasteiger charge is -2.08. The number of nitrogens with one attached hydrogen (secondary N) is 2. The van der Waals surface area contributed by atoms with Gasteiger partial charge in [0.15, 0.2) is 10.9 Å². The zero-order valence-corrected chi connectivity index (χ0v) is 15.4. The molecule has 0 atom stereocenters. The third-order valence-corrected chi connectivity index (χ3v) is 4.09. The number of amides is 1. The summed E-state index contributed by atoms with van der Waals surface area (Å²) in [5.41, 5.74) is 1.03. The zero-order valence-electron chi connectivity index (χ0n) is 13.1. The minimum atomic E-state index is -0.546. The average molecular weight is 409 g/mol. The Hall–Kier alpha value is -2.41. The van der Waals surface area contributed by atoms with E-state index < -0.39 is 11.7 Å². The fraction of sp³-hybridized carbons (Fsp3) is 0. The van der Waals surface area contributed by atoms with Gasteiger partial charge in [0, 0.05) is 16.3 Å². The van der Waals surface area contributed by atoms with Crippen LogP contribution in [0.3, 0.4) is 0 Å². The Morgan fingerprint density at radius 3 is 2.62 bits per heavy atom. The normalized spacial score (nSPS) is 10.4. The Balaban J connectivity index is 1.69. The molecule has 0 aliphatic rings. The van der Waals surface area contributed by atoms with E-state index in [1.165, 1.54) is 24.3 Å². The molecule has 2 aromatic carbocycles. The van der Waals surface area contributed by atoms with Crippen LogP contribution >= 0.6 is 35.4 Å². The number of hydrogen-bond acceptors (Lipinski definition) is 3. The highest BCUT2D eigenvalue weighted by molar-refractivity contribution is 7.80. The summed E-state index contributed by atoms with van der Waals surface area (Å²) >= 11 is 17.1. The van der Waals surface area contributed by atoms with Crippen molar-refractivity contribution in [3.63, 3.8) is 0 Å². The summed E-state index contributed by atoms with van der Waals surface area (Å²) in [5.74, 6) is -0.495. The monoisotopic (exact) mass is 408 g/mol. The zero-order chi connectivity index (χ0) is 18.7. The van der Waals surface area contributed by atoms with E-state index in [1.807, 2.05) is 0 Å². The van der Waals surface area contributed by atoms with E-state index in [-0.39, 0.29) is 10.9 Å². The molecule has 2 N–H and O–H groups in total. The van der Waals surface area contributed by atoms with E-state index in [2.05, 4.69) is 10.6 Å². The quantitative estimate of drug-likeness (QED) is 0.560. The van der Waals surface area contributed by atoms with Gasteiger partial charge in [-0.3, -0.25) is 10.1 Å². The maximum atomic E-state index is 13.2. The largest absolute Gasteiger partial charge is 0.451 e. The summed E-state index contributed by atoms with van der Waals surface area (Å²) in [6.45, 7) is 0. The number of anilines is 1. The van der Waals surface area contributed by atoms with E-state index in [1.54, 1.807) is 30.3 Å². The summed E-state index contributed by atoms with van der Waals surface area (Å²) in [4.78, 5) is 12.2. The molecule has 1 amide bonds. The number of benzene rings is 2. The number of furan rings is 1. The Morgan fingerprint density at radius 2 is 1.88 bits per heavy atom. The predicted molar refractivity (Wildman–Crippen MR) is 104 cm³/mol. The van der Waals surface area contributed by atoms with Crippen molar-refractivity contribution in [2.24, 2.45) is 0 Å². The molecular formula is C18H11Cl2FN2O2S. The van der Waals surface area contributed by atoms with Crippen molar-refractivity contribution in [2.45, 2.75) is 0 Å². The van der Waals surface area contributed by atoms with E-state index in [0.717, 1.165) is 0 Å². The van der Waals surface area contributed by atoms with Crippen LogP contribution in [0, 0.1) is 5.82 Å².